The van der Waals surface area contributed by atoms with Gasteiger partial charge in [0.2, 0.25) is 0 Å². The summed E-state index contributed by atoms with van der Waals surface area (Å²) >= 11 is 0. The Hall–Kier alpha value is -1.56. The van der Waals surface area contributed by atoms with Crippen LogP contribution in [0.1, 0.15) is 19.8 Å². The van der Waals surface area contributed by atoms with Crippen LogP contribution in [0.4, 0.5) is 10.1 Å². The van der Waals surface area contributed by atoms with Gasteiger partial charge in [0.25, 0.3) is 0 Å². The molecule has 1 unspecified atom stereocenters. The number of hydrogen-bond donors (Lipinski definition) is 1. The highest BCUT2D eigenvalue weighted by atomic mass is 19.1. The number of nitrogens with one attached hydrogen (secondary N) is 1. The third-order valence-corrected chi connectivity index (χ3v) is 2.87. The molecule has 0 spiro atoms. The van der Waals surface area contributed by atoms with Gasteiger partial charge < -0.3 is 5.32 Å². The maximum absolute atomic E-state index is 12.7. The van der Waals surface area contributed by atoms with Gasteiger partial charge in [-0.25, -0.2) is 4.39 Å². The van der Waals surface area contributed by atoms with Crippen LogP contribution in [0.25, 0.3) is 0 Å². The fraction of sp³-hybridized carbons (Fsp3) is 0.417. The Kier molecular flexibility index (Phi) is 2.36. The fourth-order valence-electron chi connectivity index (χ4n) is 1.72. The van der Waals surface area contributed by atoms with Crippen LogP contribution in [0, 0.1) is 23.1 Å². The molecule has 1 aromatic carbocycles. The van der Waals surface area contributed by atoms with Gasteiger partial charge in [0.05, 0.1) is 6.07 Å². The lowest BCUT2D eigenvalue weighted by Gasteiger charge is -2.24. The van der Waals surface area contributed by atoms with Crippen molar-refractivity contribution in [3.8, 4) is 6.07 Å². The second-order valence-corrected chi connectivity index (χ2v) is 4.22. The largest absolute Gasteiger partial charge is 0.367 e. The normalized spacial score (nSPS) is 19.0. The molecular formula is C12H13FN2. The number of anilines is 1. The zero-order valence-electron chi connectivity index (χ0n) is 8.63. The molecule has 1 saturated carbocycles. The Balaban J connectivity index is 2.13. The SMILES string of the molecule is CC(C#N)(Nc1ccc(F)cc1)C1CC1. The molecule has 2 rings (SSSR count). The molecule has 1 atom stereocenters. The van der Waals surface area contributed by atoms with Crippen LogP contribution in [0.2, 0.25) is 0 Å². The second kappa shape index (κ2) is 3.54. The predicted octanol–water partition coefficient (Wildman–Crippen LogP) is 2.93. The first-order valence-corrected chi connectivity index (χ1v) is 5.09. The van der Waals surface area contributed by atoms with E-state index in [1.807, 2.05) is 6.92 Å². The first kappa shape index (κ1) is 9.97. The Morgan fingerprint density at radius 3 is 2.47 bits per heavy atom. The van der Waals surface area contributed by atoms with Gasteiger partial charge in [0, 0.05) is 5.69 Å². The molecule has 1 aliphatic rings. The fourth-order valence-corrected chi connectivity index (χ4v) is 1.72. The van der Waals surface area contributed by atoms with Gasteiger partial charge in [-0.1, -0.05) is 0 Å². The smallest absolute Gasteiger partial charge is 0.125 e. The highest BCUT2D eigenvalue weighted by molar-refractivity contribution is 5.48. The van der Waals surface area contributed by atoms with E-state index in [0.717, 1.165) is 18.5 Å². The van der Waals surface area contributed by atoms with Crippen molar-refractivity contribution in [1.82, 2.24) is 0 Å². The number of hydrogen-bond acceptors (Lipinski definition) is 2. The van der Waals surface area contributed by atoms with Crippen LogP contribution in [-0.4, -0.2) is 5.54 Å². The van der Waals surface area contributed by atoms with Gasteiger partial charge in [0.1, 0.15) is 11.4 Å². The second-order valence-electron chi connectivity index (χ2n) is 4.22. The Morgan fingerprint density at radius 2 is 2.00 bits per heavy atom. The van der Waals surface area contributed by atoms with Crippen molar-refractivity contribution in [3.05, 3.63) is 30.1 Å². The van der Waals surface area contributed by atoms with E-state index in [9.17, 15) is 4.39 Å². The topological polar surface area (TPSA) is 35.8 Å². The van der Waals surface area contributed by atoms with Crippen LogP contribution in [0.15, 0.2) is 24.3 Å². The van der Waals surface area contributed by atoms with Crippen molar-refractivity contribution in [3.63, 3.8) is 0 Å². The lowest BCUT2D eigenvalue weighted by atomic mass is 9.97. The molecule has 2 nitrogen and oxygen atoms in total. The number of nitriles is 1. The van der Waals surface area contributed by atoms with Gasteiger partial charge in [-0.3, -0.25) is 0 Å². The highest BCUT2D eigenvalue weighted by Crippen LogP contribution is 2.40. The van der Waals surface area contributed by atoms with Gasteiger partial charge in [-0.2, -0.15) is 5.26 Å². The number of benzene rings is 1. The molecule has 78 valence electrons. The summed E-state index contributed by atoms with van der Waals surface area (Å²) in [7, 11) is 0. The summed E-state index contributed by atoms with van der Waals surface area (Å²) in [6, 6.07) is 8.41. The number of halogens is 1. The Bertz CT molecular complexity index is 389. The molecule has 0 bridgehead atoms. The van der Waals surface area contributed by atoms with E-state index in [2.05, 4.69) is 11.4 Å². The molecule has 0 aromatic heterocycles. The quantitative estimate of drug-likeness (QED) is 0.821. The summed E-state index contributed by atoms with van der Waals surface area (Å²) in [5, 5.41) is 12.3. The Labute approximate surface area is 88.7 Å². The maximum Gasteiger partial charge on any atom is 0.125 e. The van der Waals surface area contributed by atoms with Crippen molar-refractivity contribution < 1.29 is 4.39 Å². The molecule has 1 aliphatic carbocycles. The summed E-state index contributed by atoms with van der Waals surface area (Å²) in [5.74, 6) is 0.165. The van der Waals surface area contributed by atoms with Gasteiger partial charge in [-0.05, 0) is 49.9 Å². The third kappa shape index (κ3) is 2.10. The molecule has 0 saturated heterocycles. The molecule has 1 aromatic rings. The lowest BCUT2D eigenvalue weighted by Crippen LogP contribution is -2.35. The van der Waals surface area contributed by atoms with Crippen LogP contribution in [0.3, 0.4) is 0 Å². The van der Waals surface area contributed by atoms with E-state index in [0.29, 0.717) is 5.92 Å². The van der Waals surface area contributed by atoms with Crippen molar-refractivity contribution in [2.75, 3.05) is 5.32 Å². The van der Waals surface area contributed by atoms with E-state index in [1.54, 1.807) is 12.1 Å². The number of rotatable bonds is 3. The van der Waals surface area contributed by atoms with E-state index in [1.165, 1.54) is 12.1 Å². The minimum atomic E-state index is -0.516. The summed E-state index contributed by atoms with van der Waals surface area (Å²) in [4.78, 5) is 0. The van der Waals surface area contributed by atoms with E-state index >= 15 is 0 Å². The summed E-state index contributed by atoms with van der Waals surface area (Å²) in [5.41, 5.74) is 0.282. The zero-order chi connectivity index (χ0) is 10.9. The first-order valence-electron chi connectivity index (χ1n) is 5.09. The lowest BCUT2D eigenvalue weighted by molar-refractivity contribution is 0.566. The van der Waals surface area contributed by atoms with Crippen molar-refractivity contribution in [1.29, 1.82) is 5.26 Å². The first-order chi connectivity index (χ1) is 7.14. The van der Waals surface area contributed by atoms with Gasteiger partial charge >= 0.3 is 0 Å². The highest BCUT2D eigenvalue weighted by Gasteiger charge is 2.41. The van der Waals surface area contributed by atoms with Crippen LogP contribution in [0.5, 0.6) is 0 Å². The molecule has 0 radical (unpaired) electrons. The van der Waals surface area contributed by atoms with Gasteiger partial charge in [0.15, 0.2) is 0 Å². The molecule has 0 amide bonds. The van der Waals surface area contributed by atoms with E-state index < -0.39 is 5.54 Å². The standard InChI is InChI=1S/C12H13FN2/c1-12(8-14,9-2-3-9)15-11-6-4-10(13)5-7-11/h4-7,9,15H,2-3H2,1H3. The summed E-state index contributed by atoms with van der Waals surface area (Å²) in [6.45, 7) is 1.90. The van der Waals surface area contributed by atoms with Crippen molar-refractivity contribution >= 4 is 5.69 Å². The van der Waals surface area contributed by atoms with Crippen LogP contribution in [-0.2, 0) is 0 Å². The van der Waals surface area contributed by atoms with Crippen LogP contribution >= 0.6 is 0 Å². The van der Waals surface area contributed by atoms with E-state index in [4.69, 9.17) is 5.26 Å². The predicted molar refractivity (Wildman–Crippen MR) is 56.8 cm³/mol. The van der Waals surface area contributed by atoms with E-state index in [-0.39, 0.29) is 5.82 Å². The zero-order valence-corrected chi connectivity index (χ0v) is 8.63. The molecule has 0 heterocycles. The van der Waals surface area contributed by atoms with Crippen LogP contribution < -0.4 is 5.32 Å². The average Bonchev–Trinajstić information content (AvgIpc) is 3.05. The molecule has 1 N–H and O–H groups in total. The molecule has 15 heavy (non-hydrogen) atoms. The van der Waals surface area contributed by atoms with Crippen molar-refractivity contribution in [2.24, 2.45) is 5.92 Å². The summed E-state index contributed by atoms with van der Waals surface area (Å²) in [6.07, 6.45) is 2.19. The third-order valence-electron chi connectivity index (χ3n) is 2.87. The molecular weight excluding hydrogens is 191 g/mol. The average molecular weight is 204 g/mol. The molecule has 0 aliphatic heterocycles. The summed E-state index contributed by atoms with van der Waals surface area (Å²) < 4.78 is 12.7. The monoisotopic (exact) mass is 204 g/mol. The number of nitrogens with zero attached hydrogens (tertiary/aromatic N) is 1. The Morgan fingerprint density at radius 1 is 1.40 bits per heavy atom. The van der Waals surface area contributed by atoms with Crippen molar-refractivity contribution in [2.45, 2.75) is 25.3 Å². The minimum absolute atomic E-state index is 0.259. The maximum atomic E-state index is 12.7. The van der Waals surface area contributed by atoms with Gasteiger partial charge in [-0.15, -0.1) is 0 Å². The molecule has 1 fully saturated rings. The molecule has 3 heteroatoms. The minimum Gasteiger partial charge on any atom is -0.367 e.